The summed E-state index contributed by atoms with van der Waals surface area (Å²) in [5.41, 5.74) is 0. The summed E-state index contributed by atoms with van der Waals surface area (Å²) < 4.78 is 16.9. The fourth-order valence-electron chi connectivity index (χ4n) is 8.12. The summed E-state index contributed by atoms with van der Waals surface area (Å²) in [6, 6.07) is 0. The van der Waals surface area contributed by atoms with E-state index in [9.17, 15) is 14.4 Å². The standard InChI is InChI=1S/C62H108O6/c1-4-7-10-13-16-19-22-25-27-29-30-31-32-33-35-37-40-43-46-49-52-55-61(64)67-58-59(57-66-60(63)54-51-48-45-42-39-36-24-21-18-15-12-9-6-3)68-62(65)56-53-50-47-44-41-38-34-28-26-23-20-17-14-11-8-5-2/h7,10,12,15-16,19,21,24-25,27,30-31,59H,4-6,8-9,11,13-14,17-18,20,22-23,26,28-29,32-58H2,1-3H3/b10-7-,15-12-,19-16-,24-21-,27-25-,31-30-. The van der Waals surface area contributed by atoms with Crippen molar-refractivity contribution in [3.8, 4) is 0 Å². The van der Waals surface area contributed by atoms with Gasteiger partial charge >= 0.3 is 17.9 Å². The zero-order chi connectivity index (χ0) is 49.3. The van der Waals surface area contributed by atoms with E-state index in [1.807, 2.05) is 0 Å². The van der Waals surface area contributed by atoms with Gasteiger partial charge in [0.05, 0.1) is 0 Å². The summed E-state index contributed by atoms with van der Waals surface area (Å²) in [5.74, 6) is -0.893. The first-order valence-electron chi connectivity index (χ1n) is 28.9. The van der Waals surface area contributed by atoms with Crippen LogP contribution in [0.15, 0.2) is 72.9 Å². The van der Waals surface area contributed by atoms with Gasteiger partial charge in [-0.1, -0.05) is 254 Å². The van der Waals surface area contributed by atoms with Crippen molar-refractivity contribution in [3.63, 3.8) is 0 Å². The number of hydrogen-bond donors (Lipinski definition) is 0. The molecule has 0 radical (unpaired) electrons. The number of allylic oxidation sites excluding steroid dienone is 12. The van der Waals surface area contributed by atoms with Crippen molar-refractivity contribution >= 4 is 17.9 Å². The number of unbranched alkanes of at least 4 members (excludes halogenated alkanes) is 29. The normalized spacial score (nSPS) is 12.6. The molecule has 0 rings (SSSR count). The van der Waals surface area contributed by atoms with Gasteiger partial charge in [-0.3, -0.25) is 14.4 Å². The highest BCUT2D eigenvalue weighted by Gasteiger charge is 2.19. The zero-order valence-electron chi connectivity index (χ0n) is 44.9. The number of carbonyl (C=O) groups is 3. The van der Waals surface area contributed by atoms with Gasteiger partial charge in [-0.25, -0.2) is 0 Å². The molecule has 1 unspecified atom stereocenters. The van der Waals surface area contributed by atoms with Gasteiger partial charge in [-0.2, -0.15) is 0 Å². The molecule has 0 fully saturated rings. The Morgan fingerprint density at radius 3 is 0.956 bits per heavy atom. The number of hydrogen-bond acceptors (Lipinski definition) is 6. The molecule has 0 aliphatic carbocycles. The van der Waals surface area contributed by atoms with Crippen LogP contribution in [0.5, 0.6) is 0 Å². The second-order valence-electron chi connectivity index (χ2n) is 19.2. The van der Waals surface area contributed by atoms with E-state index in [0.29, 0.717) is 19.3 Å². The lowest BCUT2D eigenvalue weighted by Crippen LogP contribution is -2.30. The maximum Gasteiger partial charge on any atom is 0.306 e. The van der Waals surface area contributed by atoms with Crippen molar-refractivity contribution in [2.75, 3.05) is 13.2 Å². The Labute approximate surface area is 421 Å². The van der Waals surface area contributed by atoms with Crippen LogP contribution in [0.1, 0.15) is 284 Å². The van der Waals surface area contributed by atoms with Crippen LogP contribution in [-0.2, 0) is 28.6 Å². The first kappa shape index (κ1) is 64.8. The average Bonchev–Trinajstić information content (AvgIpc) is 3.34. The zero-order valence-corrected chi connectivity index (χ0v) is 44.9. The third-order valence-electron chi connectivity index (χ3n) is 12.4. The number of esters is 3. The summed E-state index contributed by atoms with van der Waals surface area (Å²) in [4.78, 5) is 38.2. The minimum absolute atomic E-state index is 0.0821. The van der Waals surface area contributed by atoms with Gasteiger partial charge in [-0.15, -0.1) is 0 Å². The van der Waals surface area contributed by atoms with Crippen LogP contribution in [0.3, 0.4) is 0 Å². The summed E-state index contributed by atoms with van der Waals surface area (Å²) in [7, 11) is 0. The van der Waals surface area contributed by atoms with Crippen molar-refractivity contribution in [3.05, 3.63) is 72.9 Å². The lowest BCUT2D eigenvalue weighted by Gasteiger charge is -2.18. The molecular weight excluding hydrogens is 841 g/mol. The molecule has 0 aliphatic heterocycles. The molecular formula is C62H108O6. The van der Waals surface area contributed by atoms with Crippen LogP contribution in [0.2, 0.25) is 0 Å². The van der Waals surface area contributed by atoms with E-state index in [1.54, 1.807) is 0 Å². The fraction of sp³-hybridized carbons (Fsp3) is 0.758. The smallest absolute Gasteiger partial charge is 0.306 e. The van der Waals surface area contributed by atoms with Gasteiger partial charge in [0.2, 0.25) is 0 Å². The van der Waals surface area contributed by atoms with Crippen LogP contribution in [0, 0.1) is 0 Å². The monoisotopic (exact) mass is 949 g/mol. The fourth-order valence-corrected chi connectivity index (χ4v) is 8.12. The van der Waals surface area contributed by atoms with Gasteiger partial charge < -0.3 is 14.2 Å². The Morgan fingerprint density at radius 2 is 0.603 bits per heavy atom. The minimum Gasteiger partial charge on any atom is -0.462 e. The molecule has 392 valence electrons. The van der Waals surface area contributed by atoms with Crippen molar-refractivity contribution in [1.82, 2.24) is 0 Å². The van der Waals surface area contributed by atoms with Crippen molar-refractivity contribution in [1.29, 1.82) is 0 Å². The minimum atomic E-state index is -0.783. The van der Waals surface area contributed by atoms with Crippen LogP contribution in [-0.4, -0.2) is 37.2 Å². The highest BCUT2D eigenvalue weighted by Crippen LogP contribution is 2.16. The van der Waals surface area contributed by atoms with Crippen LogP contribution < -0.4 is 0 Å². The largest absolute Gasteiger partial charge is 0.462 e. The van der Waals surface area contributed by atoms with Crippen molar-refractivity contribution in [2.45, 2.75) is 290 Å². The molecule has 0 aromatic heterocycles. The van der Waals surface area contributed by atoms with Crippen LogP contribution in [0.25, 0.3) is 0 Å². The Bertz CT molecular complexity index is 1270. The Morgan fingerprint density at radius 1 is 0.309 bits per heavy atom. The van der Waals surface area contributed by atoms with Crippen LogP contribution in [0.4, 0.5) is 0 Å². The lowest BCUT2D eigenvalue weighted by atomic mass is 10.0. The number of rotatable bonds is 52. The molecule has 0 spiro atoms. The molecule has 0 aliphatic rings. The van der Waals surface area contributed by atoms with Gasteiger partial charge in [0.25, 0.3) is 0 Å². The number of ether oxygens (including phenoxy) is 3. The molecule has 0 N–H and O–H groups in total. The molecule has 0 aromatic carbocycles. The molecule has 0 heterocycles. The molecule has 68 heavy (non-hydrogen) atoms. The predicted octanol–water partition coefficient (Wildman–Crippen LogP) is 19.4. The molecule has 0 saturated heterocycles. The highest BCUT2D eigenvalue weighted by molar-refractivity contribution is 5.71. The Balaban J connectivity index is 4.36. The highest BCUT2D eigenvalue weighted by atomic mass is 16.6. The topological polar surface area (TPSA) is 78.9 Å². The lowest BCUT2D eigenvalue weighted by molar-refractivity contribution is -0.167. The van der Waals surface area contributed by atoms with E-state index in [0.717, 1.165) is 116 Å². The third-order valence-corrected chi connectivity index (χ3v) is 12.4. The predicted molar refractivity (Wildman–Crippen MR) is 293 cm³/mol. The van der Waals surface area contributed by atoms with Crippen molar-refractivity contribution < 1.29 is 28.6 Å². The van der Waals surface area contributed by atoms with E-state index < -0.39 is 6.10 Å². The molecule has 6 nitrogen and oxygen atoms in total. The van der Waals surface area contributed by atoms with Gasteiger partial charge in [0.1, 0.15) is 13.2 Å². The second-order valence-corrected chi connectivity index (χ2v) is 19.2. The first-order chi connectivity index (χ1) is 33.5. The molecule has 1 atom stereocenters. The maximum absolute atomic E-state index is 12.9. The van der Waals surface area contributed by atoms with Gasteiger partial charge in [0.15, 0.2) is 6.10 Å². The Hall–Kier alpha value is -3.15. The molecule has 6 heteroatoms. The molecule has 0 bridgehead atoms. The Kier molecular flexibility index (Phi) is 53.8. The summed E-state index contributed by atoms with van der Waals surface area (Å²) in [6.07, 6.45) is 71.7. The summed E-state index contributed by atoms with van der Waals surface area (Å²) in [5, 5.41) is 0. The van der Waals surface area contributed by atoms with E-state index in [2.05, 4.69) is 93.7 Å². The molecule has 0 aromatic rings. The summed E-state index contributed by atoms with van der Waals surface area (Å²) >= 11 is 0. The van der Waals surface area contributed by atoms with E-state index >= 15 is 0 Å². The maximum atomic E-state index is 12.9. The first-order valence-corrected chi connectivity index (χ1v) is 28.9. The SMILES string of the molecule is CC/C=C\C/C=C\C/C=C\C/C=C\CCCCCCCCCCC(=O)OCC(COC(=O)CCCCCCC/C=C\C/C=C\CCC)OC(=O)CCCCCCCCCCCCCCCCCC. The van der Waals surface area contributed by atoms with E-state index in [4.69, 9.17) is 14.2 Å². The van der Waals surface area contributed by atoms with E-state index in [1.165, 1.54) is 128 Å². The second kappa shape index (κ2) is 56.4. The molecule has 0 saturated carbocycles. The molecule has 0 amide bonds. The summed E-state index contributed by atoms with van der Waals surface area (Å²) in [6.45, 7) is 6.47. The number of carbonyl (C=O) groups excluding carboxylic acids is 3. The van der Waals surface area contributed by atoms with Gasteiger partial charge in [0, 0.05) is 19.3 Å². The van der Waals surface area contributed by atoms with E-state index in [-0.39, 0.29) is 31.1 Å². The quantitative estimate of drug-likeness (QED) is 0.0262. The van der Waals surface area contributed by atoms with Crippen LogP contribution >= 0.6 is 0 Å². The average molecular weight is 950 g/mol. The van der Waals surface area contributed by atoms with Gasteiger partial charge in [-0.05, 0) is 83.5 Å². The third kappa shape index (κ3) is 53.8. The van der Waals surface area contributed by atoms with Crippen molar-refractivity contribution in [2.24, 2.45) is 0 Å².